The number of nitrogens with one attached hydrogen (secondary N) is 1. The van der Waals surface area contributed by atoms with Gasteiger partial charge in [-0.15, -0.1) is 0 Å². The molecular weight excluding hydrogens is 410 g/mol. The Kier molecular flexibility index (Phi) is 8.54. The van der Waals surface area contributed by atoms with E-state index in [1.165, 1.54) is 31.9 Å². The van der Waals surface area contributed by atoms with Crippen molar-refractivity contribution in [1.29, 1.82) is 0 Å². The largest absolute Gasteiger partial charge is 0.465 e. The van der Waals surface area contributed by atoms with Crippen molar-refractivity contribution in [3.8, 4) is 0 Å². The van der Waals surface area contributed by atoms with Crippen LogP contribution in [0, 0.1) is 5.92 Å². The molecule has 5 nitrogen and oxygen atoms in total. The van der Waals surface area contributed by atoms with E-state index in [0.717, 1.165) is 35.5 Å². The van der Waals surface area contributed by atoms with Crippen LogP contribution in [0.1, 0.15) is 94.6 Å². The summed E-state index contributed by atoms with van der Waals surface area (Å²) >= 11 is 0. The molecule has 1 N–H and O–H groups in total. The van der Waals surface area contributed by atoms with Crippen LogP contribution in [-0.4, -0.2) is 22.6 Å². The number of anilines is 2. The number of hydrogen-bond donors (Lipinski definition) is 1. The molecule has 1 aliphatic rings. The van der Waals surface area contributed by atoms with Gasteiger partial charge in [0.1, 0.15) is 0 Å². The maximum absolute atomic E-state index is 12.0. The van der Waals surface area contributed by atoms with E-state index in [9.17, 15) is 4.79 Å². The van der Waals surface area contributed by atoms with Crippen molar-refractivity contribution in [3.05, 3.63) is 53.6 Å². The standard InChI is InChI=1S/C25H31N3O2.C3H8/c1-16(2)18-8-11-20(12-9-18)26-25-27-22-15-19(24(29)30-4)10-13-23(22)28(25)21-7-5-6-17(3)14-21;1-3-2/h8-13,15-17,21H,5-7,14H2,1-4H3,(H,26,27);3H2,1-2H3. The van der Waals surface area contributed by atoms with E-state index in [1.54, 1.807) is 0 Å². The molecule has 0 aliphatic heterocycles. The molecule has 2 unspecified atom stereocenters. The highest BCUT2D eigenvalue weighted by Crippen LogP contribution is 2.37. The first-order valence-corrected chi connectivity index (χ1v) is 12.3. The highest BCUT2D eigenvalue weighted by molar-refractivity contribution is 5.94. The number of benzene rings is 2. The molecule has 2 aromatic carbocycles. The lowest BCUT2D eigenvalue weighted by molar-refractivity contribution is 0.0601. The van der Waals surface area contributed by atoms with Gasteiger partial charge >= 0.3 is 5.97 Å². The highest BCUT2D eigenvalue weighted by atomic mass is 16.5. The van der Waals surface area contributed by atoms with E-state index in [2.05, 4.69) is 68.8 Å². The fraction of sp³-hybridized carbons (Fsp3) is 0.500. The van der Waals surface area contributed by atoms with Crippen LogP contribution < -0.4 is 5.32 Å². The van der Waals surface area contributed by atoms with E-state index in [4.69, 9.17) is 9.72 Å². The summed E-state index contributed by atoms with van der Waals surface area (Å²) < 4.78 is 7.23. The molecule has 0 amide bonds. The summed E-state index contributed by atoms with van der Waals surface area (Å²) in [4.78, 5) is 16.9. The van der Waals surface area contributed by atoms with Crippen LogP contribution in [0.15, 0.2) is 42.5 Å². The molecule has 3 aromatic rings. The molecule has 0 radical (unpaired) electrons. The number of methoxy groups -OCH3 is 1. The van der Waals surface area contributed by atoms with E-state index < -0.39 is 0 Å². The number of esters is 1. The van der Waals surface area contributed by atoms with Crippen molar-refractivity contribution in [1.82, 2.24) is 9.55 Å². The maximum Gasteiger partial charge on any atom is 0.337 e. The number of nitrogens with zero attached hydrogens (tertiary/aromatic N) is 2. The van der Waals surface area contributed by atoms with Crippen LogP contribution in [0.5, 0.6) is 0 Å². The van der Waals surface area contributed by atoms with E-state index in [-0.39, 0.29) is 5.97 Å². The van der Waals surface area contributed by atoms with Gasteiger partial charge in [0, 0.05) is 11.7 Å². The van der Waals surface area contributed by atoms with Gasteiger partial charge in [-0.1, -0.05) is 66.0 Å². The monoisotopic (exact) mass is 449 g/mol. The molecule has 4 rings (SSSR count). The van der Waals surface area contributed by atoms with Crippen LogP contribution in [0.25, 0.3) is 11.0 Å². The van der Waals surface area contributed by atoms with E-state index in [1.807, 2.05) is 18.2 Å². The number of ether oxygens (including phenoxy) is 1. The quantitative estimate of drug-likeness (QED) is 0.403. The van der Waals surface area contributed by atoms with Gasteiger partial charge in [0.2, 0.25) is 5.95 Å². The number of hydrogen-bond acceptors (Lipinski definition) is 4. The molecule has 178 valence electrons. The first-order valence-electron chi connectivity index (χ1n) is 12.3. The summed E-state index contributed by atoms with van der Waals surface area (Å²) in [5.74, 6) is 1.71. The number of fused-ring (bicyclic) bond motifs is 1. The van der Waals surface area contributed by atoms with Crippen molar-refractivity contribution in [3.63, 3.8) is 0 Å². The van der Waals surface area contributed by atoms with Crippen molar-refractivity contribution >= 4 is 28.6 Å². The van der Waals surface area contributed by atoms with Crippen LogP contribution in [0.2, 0.25) is 0 Å². The Bertz CT molecular complexity index is 1050. The van der Waals surface area contributed by atoms with Gasteiger partial charge in [0.25, 0.3) is 0 Å². The molecule has 1 aromatic heterocycles. The van der Waals surface area contributed by atoms with Crippen LogP contribution in [0.4, 0.5) is 11.6 Å². The molecule has 1 saturated carbocycles. The first kappa shape index (κ1) is 24.8. The number of carbonyl (C=O) groups is 1. The maximum atomic E-state index is 12.0. The lowest BCUT2D eigenvalue weighted by Gasteiger charge is -2.29. The molecule has 1 fully saturated rings. The molecule has 1 aliphatic carbocycles. The minimum absolute atomic E-state index is 0.337. The van der Waals surface area contributed by atoms with Gasteiger partial charge in [0.05, 0.1) is 23.7 Å². The molecule has 0 bridgehead atoms. The third-order valence-corrected chi connectivity index (χ3v) is 6.22. The van der Waals surface area contributed by atoms with Crippen LogP contribution in [0.3, 0.4) is 0 Å². The number of carbonyl (C=O) groups excluding carboxylic acids is 1. The van der Waals surface area contributed by atoms with E-state index >= 15 is 0 Å². The number of aromatic nitrogens is 2. The van der Waals surface area contributed by atoms with Crippen LogP contribution >= 0.6 is 0 Å². The molecule has 33 heavy (non-hydrogen) atoms. The second-order valence-electron chi connectivity index (χ2n) is 9.53. The van der Waals surface area contributed by atoms with Crippen molar-refractivity contribution < 1.29 is 9.53 Å². The Balaban J connectivity index is 0.000000968. The minimum Gasteiger partial charge on any atom is -0.465 e. The molecule has 0 spiro atoms. The molecule has 2 atom stereocenters. The molecule has 1 heterocycles. The zero-order chi connectivity index (χ0) is 24.0. The summed E-state index contributed by atoms with van der Waals surface area (Å²) in [7, 11) is 1.41. The zero-order valence-electron chi connectivity index (χ0n) is 21.0. The van der Waals surface area contributed by atoms with Crippen molar-refractivity contribution in [2.24, 2.45) is 5.92 Å². The van der Waals surface area contributed by atoms with E-state index in [0.29, 0.717) is 23.4 Å². The number of imidazole rings is 1. The van der Waals surface area contributed by atoms with Gasteiger partial charge in [-0.2, -0.15) is 0 Å². The minimum atomic E-state index is -0.337. The van der Waals surface area contributed by atoms with Gasteiger partial charge in [-0.25, -0.2) is 9.78 Å². The second kappa shape index (κ2) is 11.4. The Labute approximate surface area is 198 Å². The topological polar surface area (TPSA) is 56.1 Å². The van der Waals surface area contributed by atoms with Gasteiger partial charge in [-0.05, 0) is 60.6 Å². The van der Waals surface area contributed by atoms with Crippen molar-refractivity contribution in [2.45, 2.75) is 78.7 Å². The third kappa shape index (κ3) is 5.95. The van der Waals surface area contributed by atoms with Gasteiger partial charge in [-0.3, -0.25) is 0 Å². The Morgan fingerprint density at radius 2 is 1.85 bits per heavy atom. The van der Waals surface area contributed by atoms with Gasteiger partial charge in [0.15, 0.2) is 0 Å². The Morgan fingerprint density at radius 1 is 1.15 bits per heavy atom. The highest BCUT2D eigenvalue weighted by Gasteiger charge is 2.25. The fourth-order valence-corrected chi connectivity index (χ4v) is 4.52. The fourth-order valence-electron chi connectivity index (χ4n) is 4.52. The average molecular weight is 450 g/mol. The predicted molar refractivity (Wildman–Crippen MR) is 138 cm³/mol. The predicted octanol–water partition coefficient (Wildman–Crippen LogP) is 7.86. The number of rotatable bonds is 5. The first-order chi connectivity index (χ1) is 15.9. The van der Waals surface area contributed by atoms with Crippen LogP contribution in [-0.2, 0) is 4.74 Å². The summed E-state index contributed by atoms with van der Waals surface area (Å²) in [5.41, 5.74) is 4.74. The normalized spacial score (nSPS) is 18.0. The summed E-state index contributed by atoms with van der Waals surface area (Å²) in [6, 6.07) is 14.6. The zero-order valence-corrected chi connectivity index (χ0v) is 21.0. The summed E-state index contributed by atoms with van der Waals surface area (Å²) in [5, 5.41) is 3.54. The summed E-state index contributed by atoms with van der Waals surface area (Å²) in [6.45, 7) is 11.0. The molecule has 5 heteroatoms. The lowest BCUT2D eigenvalue weighted by atomic mass is 9.87. The second-order valence-corrected chi connectivity index (χ2v) is 9.53. The summed E-state index contributed by atoms with van der Waals surface area (Å²) in [6.07, 6.45) is 6.06. The molecule has 0 saturated heterocycles. The van der Waals surface area contributed by atoms with Crippen molar-refractivity contribution in [2.75, 3.05) is 12.4 Å². The average Bonchev–Trinajstić information content (AvgIpc) is 3.16. The Hall–Kier alpha value is -2.82. The third-order valence-electron chi connectivity index (χ3n) is 6.22. The Morgan fingerprint density at radius 3 is 2.45 bits per heavy atom. The smallest absolute Gasteiger partial charge is 0.337 e. The lowest BCUT2D eigenvalue weighted by Crippen LogP contribution is -2.19. The SMILES string of the molecule is CCC.COC(=O)c1ccc2c(c1)nc(Nc1ccc(C(C)C)cc1)n2C1CCCC(C)C1. The molecular formula is C28H39N3O2. The van der Waals surface area contributed by atoms with Gasteiger partial charge < -0.3 is 14.6 Å².